The highest BCUT2D eigenvalue weighted by molar-refractivity contribution is 5.87. The molecule has 0 radical (unpaired) electrons. The van der Waals surface area contributed by atoms with Crippen molar-refractivity contribution in [3.8, 4) is 0 Å². The van der Waals surface area contributed by atoms with Crippen molar-refractivity contribution >= 4 is 5.97 Å². The van der Waals surface area contributed by atoms with E-state index in [2.05, 4.69) is 6.58 Å². The first kappa shape index (κ1) is 11.2. The van der Waals surface area contributed by atoms with Crippen molar-refractivity contribution in [3.63, 3.8) is 0 Å². The number of carbonyl (C=O) groups is 1. The molecule has 0 aliphatic carbocycles. The lowest BCUT2D eigenvalue weighted by atomic mass is 10.2. The van der Waals surface area contributed by atoms with E-state index in [0.29, 0.717) is 18.1 Å². The van der Waals surface area contributed by atoms with Crippen LogP contribution in [-0.2, 0) is 9.53 Å². The van der Waals surface area contributed by atoms with Gasteiger partial charge >= 0.3 is 5.97 Å². The molecule has 0 heterocycles. The van der Waals surface area contributed by atoms with Crippen LogP contribution in [0.4, 0.5) is 0 Å². The molecule has 0 bridgehead atoms. The minimum atomic E-state index is -0.405. The zero-order chi connectivity index (χ0) is 9.56. The molecule has 0 aromatic carbocycles. The highest BCUT2D eigenvalue weighted by Crippen LogP contribution is 2.02. The molecule has 0 rings (SSSR count). The van der Waals surface area contributed by atoms with Gasteiger partial charge in [0.25, 0.3) is 0 Å². The largest absolute Gasteiger partial charge is 0.462 e. The molecule has 0 amide bonds. The third-order valence-electron chi connectivity index (χ3n) is 1.25. The number of carbonyl (C=O) groups excluding carboxylic acids is 1. The summed E-state index contributed by atoms with van der Waals surface area (Å²) in [7, 11) is 0. The second-order valence-corrected chi connectivity index (χ2v) is 3.07. The van der Waals surface area contributed by atoms with Crippen LogP contribution < -0.4 is 0 Å². The average molecular weight is 172 g/mol. The first-order valence-electron chi connectivity index (χ1n) is 4.03. The predicted molar refractivity (Wildman–Crippen MR) is 46.6 cm³/mol. The molecule has 0 saturated carbocycles. The first-order valence-corrected chi connectivity index (χ1v) is 4.03. The van der Waals surface area contributed by atoms with E-state index in [0.717, 1.165) is 0 Å². The molecule has 0 fully saturated rings. The Morgan fingerprint density at radius 3 is 2.58 bits per heavy atom. The number of hydrogen-bond acceptors (Lipinski definition) is 3. The summed E-state index contributed by atoms with van der Waals surface area (Å²) < 4.78 is 4.87. The summed E-state index contributed by atoms with van der Waals surface area (Å²) in [5, 5.41) is 8.49. The molecular formula is C9H16O3. The Morgan fingerprint density at radius 1 is 1.58 bits per heavy atom. The van der Waals surface area contributed by atoms with E-state index >= 15 is 0 Å². The highest BCUT2D eigenvalue weighted by atomic mass is 16.5. The van der Waals surface area contributed by atoms with E-state index < -0.39 is 5.97 Å². The molecule has 0 atom stereocenters. The molecule has 0 saturated heterocycles. The third-order valence-corrected chi connectivity index (χ3v) is 1.25. The van der Waals surface area contributed by atoms with Gasteiger partial charge in [0.1, 0.15) is 0 Å². The van der Waals surface area contributed by atoms with E-state index in [9.17, 15) is 4.79 Å². The molecule has 1 N–H and O–H groups in total. The normalized spacial score (nSPS) is 10.0. The first-order chi connectivity index (χ1) is 5.57. The van der Waals surface area contributed by atoms with Gasteiger partial charge in [0, 0.05) is 18.6 Å². The fourth-order valence-electron chi connectivity index (χ4n) is 0.581. The maximum atomic E-state index is 11.0. The second-order valence-electron chi connectivity index (χ2n) is 3.07. The van der Waals surface area contributed by atoms with Crippen molar-refractivity contribution in [1.82, 2.24) is 0 Å². The molecule has 0 unspecified atom stereocenters. The molecule has 3 nitrogen and oxygen atoms in total. The zero-order valence-corrected chi connectivity index (χ0v) is 7.67. The summed E-state index contributed by atoms with van der Waals surface area (Å²) in [6, 6.07) is 0. The lowest BCUT2D eigenvalue weighted by Gasteiger charge is -2.07. The summed E-state index contributed by atoms with van der Waals surface area (Å²) in [6.45, 7) is 7.75. The molecule has 0 aliphatic heterocycles. The van der Waals surface area contributed by atoms with Crippen molar-refractivity contribution in [2.75, 3.05) is 13.2 Å². The lowest BCUT2D eigenvalue weighted by Crippen LogP contribution is -2.12. The van der Waals surface area contributed by atoms with Crippen LogP contribution in [0.2, 0.25) is 0 Å². The number of rotatable bonds is 5. The summed E-state index contributed by atoms with van der Waals surface area (Å²) >= 11 is 0. The summed E-state index contributed by atoms with van der Waals surface area (Å²) in [5.41, 5.74) is 0.332. The Bertz CT molecular complexity index is 161. The number of esters is 1. The topological polar surface area (TPSA) is 46.5 Å². The van der Waals surface area contributed by atoms with Crippen LogP contribution >= 0.6 is 0 Å². The molecule has 0 aromatic rings. The van der Waals surface area contributed by atoms with Crippen molar-refractivity contribution in [2.45, 2.75) is 20.3 Å². The van der Waals surface area contributed by atoms with Gasteiger partial charge in [0.05, 0.1) is 6.61 Å². The van der Waals surface area contributed by atoms with E-state index in [1.54, 1.807) is 0 Å². The van der Waals surface area contributed by atoms with E-state index in [1.807, 2.05) is 13.8 Å². The standard InChI is InChI=1S/C9H16O3/c1-7(2)6-12-9(11)8(3)4-5-10/h7,10H,3-6H2,1-2H3. The second kappa shape index (κ2) is 5.77. The van der Waals surface area contributed by atoms with Crippen molar-refractivity contribution in [3.05, 3.63) is 12.2 Å². The molecule has 0 aliphatic rings. The predicted octanol–water partition coefficient (Wildman–Crippen LogP) is 1.12. The van der Waals surface area contributed by atoms with Gasteiger partial charge in [-0.25, -0.2) is 4.79 Å². The monoisotopic (exact) mass is 172 g/mol. The summed E-state index contributed by atoms with van der Waals surface area (Å²) in [4.78, 5) is 11.0. The number of aliphatic hydroxyl groups is 1. The molecule has 0 aromatic heterocycles. The Morgan fingerprint density at radius 2 is 2.17 bits per heavy atom. The highest BCUT2D eigenvalue weighted by Gasteiger charge is 2.07. The van der Waals surface area contributed by atoms with Gasteiger partial charge in [-0.3, -0.25) is 0 Å². The summed E-state index contributed by atoms with van der Waals surface area (Å²) in [6.07, 6.45) is 0.289. The Labute approximate surface area is 73.0 Å². The van der Waals surface area contributed by atoms with Gasteiger partial charge < -0.3 is 9.84 Å². The van der Waals surface area contributed by atoms with Crippen LogP contribution in [0.3, 0.4) is 0 Å². The van der Waals surface area contributed by atoms with Crippen LogP contribution in [0, 0.1) is 5.92 Å². The molecular weight excluding hydrogens is 156 g/mol. The Hall–Kier alpha value is -0.830. The summed E-state index contributed by atoms with van der Waals surface area (Å²) in [5.74, 6) is -0.0753. The van der Waals surface area contributed by atoms with E-state index in [-0.39, 0.29) is 13.0 Å². The Balaban J connectivity index is 3.65. The maximum Gasteiger partial charge on any atom is 0.333 e. The van der Waals surface area contributed by atoms with Gasteiger partial charge in [0.2, 0.25) is 0 Å². The zero-order valence-electron chi connectivity index (χ0n) is 7.67. The quantitative estimate of drug-likeness (QED) is 0.499. The van der Waals surface area contributed by atoms with Gasteiger partial charge in [-0.05, 0) is 5.92 Å². The lowest BCUT2D eigenvalue weighted by molar-refractivity contribution is -0.140. The van der Waals surface area contributed by atoms with Crippen LogP contribution in [0.1, 0.15) is 20.3 Å². The van der Waals surface area contributed by atoms with Crippen molar-refractivity contribution in [2.24, 2.45) is 5.92 Å². The minimum Gasteiger partial charge on any atom is -0.462 e. The maximum absolute atomic E-state index is 11.0. The van der Waals surface area contributed by atoms with Crippen LogP contribution in [0.15, 0.2) is 12.2 Å². The number of ether oxygens (including phenoxy) is 1. The van der Waals surface area contributed by atoms with Gasteiger partial charge in [0.15, 0.2) is 0 Å². The SMILES string of the molecule is C=C(CCO)C(=O)OCC(C)C. The number of hydrogen-bond donors (Lipinski definition) is 1. The number of aliphatic hydroxyl groups excluding tert-OH is 1. The van der Waals surface area contributed by atoms with Crippen LogP contribution in [-0.4, -0.2) is 24.3 Å². The Kier molecular flexibility index (Phi) is 5.37. The van der Waals surface area contributed by atoms with Crippen LogP contribution in [0.5, 0.6) is 0 Å². The molecule has 0 spiro atoms. The fraction of sp³-hybridized carbons (Fsp3) is 0.667. The van der Waals surface area contributed by atoms with Crippen LogP contribution in [0.25, 0.3) is 0 Å². The van der Waals surface area contributed by atoms with Gasteiger partial charge in [-0.15, -0.1) is 0 Å². The fourth-order valence-corrected chi connectivity index (χ4v) is 0.581. The average Bonchev–Trinajstić information content (AvgIpc) is 2.00. The van der Waals surface area contributed by atoms with E-state index in [1.165, 1.54) is 0 Å². The van der Waals surface area contributed by atoms with Gasteiger partial charge in [-0.1, -0.05) is 20.4 Å². The van der Waals surface area contributed by atoms with Gasteiger partial charge in [-0.2, -0.15) is 0 Å². The minimum absolute atomic E-state index is 0.0599. The molecule has 3 heteroatoms. The third kappa shape index (κ3) is 4.91. The smallest absolute Gasteiger partial charge is 0.333 e. The van der Waals surface area contributed by atoms with Crippen molar-refractivity contribution in [1.29, 1.82) is 0 Å². The molecule has 70 valence electrons. The van der Waals surface area contributed by atoms with E-state index in [4.69, 9.17) is 9.84 Å². The van der Waals surface area contributed by atoms with Crippen molar-refractivity contribution < 1.29 is 14.6 Å². The molecule has 12 heavy (non-hydrogen) atoms.